The lowest BCUT2D eigenvalue weighted by molar-refractivity contribution is -0.115. The fraction of sp³-hybridized carbons (Fsp3) is 0.0800. The molecule has 5 rings (SSSR count). The number of rotatable bonds is 7. The Labute approximate surface area is 213 Å². The Morgan fingerprint density at radius 3 is 2.67 bits per heavy atom. The predicted octanol–water partition coefficient (Wildman–Crippen LogP) is 4.55. The van der Waals surface area contributed by atoms with E-state index in [4.69, 9.17) is 4.74 Å². The number of aromatic amines is 2. The smallest absolute Gasteiger partial charge is 0.272 e. The van der Waals surface area contributed by atoms with Gasteiger partial charge in [-0.15, -0.1) is 10.2 Å². The largest absolute Gasteiger partial charge is 0.497 e. The highest BCUT2D eigenvalue weighted by Crippen LogP contribution is 2.29. The van der Waals surface area contributed by atoms with Crippen LogP contribution >= 0.6 is 15.9 Å². The summed E-state index contributed by atoms with van der Waals surface area (Å²) in [6.07, 6.45) is 0.185. The van der Waals surface area contributed by atoms with Crippen molar-refractivity contribution in [2.24, 2.45) is 0 Å². The normalized spacial score (nSPS) is 10.8. The van der Waals surface area contributed by atoms with Crippen LogP contribution in [0.2, 0.25) is 0 Å². The van der Waals surface area contributed by atoms with E-state index >= 15 is 0 Å². The van der Waals surface area contributed by atoms with Crippen molar-refractivity contribution in [2.45, 2.75) is 6.42 Å². The summed E-state index contributed by atoms with van der Waals surface area (Å²) in [5, 5.41) is 20.6. The van der Waals surface area contributed by atoms with Gasteiger partial charge in [0.1, 0.15) is 11.4 Å². The molecule has 0 atom stereocenters. The summed E-state index contributed by atoms with van der Waals surface area (Å²) in [7, 11) is 1.58. The fourth-order valence-corrected chi connectivity index (χ4v) is 4.18. The standard InChI is InChI=1S/C25H20BrN7O3/c1-36-17-6-2-4-14(10-17)11-22(34)27-20-7-3-5-15-12-21(28-23(15)20)25(35)29-19-9-8-16(26)13-18(19)24-30-32-33-31-24/h2-10,12-13,28H,11H2,1H3,(H,27,34)(H,29,35)(H,30,31,32,33). The van der Waals surface area contributed by atoms with Gasteiger partial charge in [-0.1, -0.05) is 40.2 Å². The summed E-state index contributed by atoms with van der Waals surface area (Å²) >= 11 is 3.43. The molecule has 0 saturated heterocycles. The molecule has 180 valence electrons. The van der Waals surface area contributed by atoms with Crippen LogP contribution in [-0.4, -0.2) is 44.5 Å². The zero-order chi connectivity index (χ0) is 25.1. The summed E-state index contributed by atoms with van der Waals surface area (Å²) in [5.41, 5.74) is 3.52. The topological polar surface area (TPSA) is 138 Å². The number of hydrogen-bond acceptors (Lipinski definition) is 6. The van der Waals surface area contributed by atoms with Crippen LogP contribution in [0.4, 0.5) is 11.4 Å². The molecule has 3 aromatic carbocycles. The van der Waals surface area contributed by atoms with Gasteiger partial charge in [0.05, 0.1) is 30.4 Å². The van der Waals surface area contributed by atoms with Crippen molar-refractivity contribution in [1.82, 2.24) is 25.6 Å². The summed E-state index contributed by atoms with van der Waals surface area (Å²) in [6, 6.07) is 19.9. The van der Waals surface area contributed by atoms with Crippen LogP contribution in [0, 0.1) is 0 Å². The Hall–Kier alpha value is -4.51. The summed E-state index contributed by atoms with van der Waals surface area (Å²) in [6.45, 7) is 0. The van der Waals surface area contributed by atoms with Gasteiger partial charge in [-0.25, -0.2) is 0 Å². The van der Waals surface area contributed by atoms with E-state index < -0.39 is 0 Å². The molecule has 0 saturated carbocycles. The van der Waals surface area contributed by atoms with Gasteiger partial charge < -0.3 is 20.4 Å². The van der Waals surface area contributed by atoms with Gasteiger partial charge in [-0.3, -0.25) is 9.59 Å². The first-order valence-corrected chi connectivity index (χ1v) is 11.7. The van der Waals surface area contributed by atoms with E-state index in [1.54, 1.807) is 37.4 Å². The fourth-order valence-electron chi connectivity index (χ4n) is 3.82. The molecule has 0 fully saturated rings. The van der Waals surface area contributed by atoms with E-state index in [-0.39, 0.29) is 18.2 Å². The van der Waals surface area contributed by atoms with Crippen LogP contribution in [0.3, 0.4) is 0 Å². The first kappa shape index (κ1) is 23.2. The molecule has 0 aliphatic rings. The second-order valence-corrected chi connectivity index (χ2v) is 8.82. The van der Waals surface area contributed by atoms with Crippen molar-refractivity contribution in [3.63, 3.8) is 0 Å². The van der Waals surface area contributed by atoms with Gasteiger partial charge in [0, 0.05) is 15.4 Å². The third-order valence-electron chi connectivity index (χ3n) is 5.49. The van der Waals surface area contributed by atoms with E-state index in [1.807, 2.05) is 36.4 Å². The Bertz CT molecular complexity index is 1560. The third kappa shape index (κ3) is 4.96. The number of fused-ring (bicyclic) bond motifs is 1. The maximum atomic E-state index is 13.1. The number of benzene rings is 3. The quantitative estimate of drug-likeness (QED) is 0.236. The van der Waals surface area contributed by atoms with Gasteiger partial charge in [-0.05, 0) is 53.2 Å². The van der Waals surface area contributed by atoms with Crippen LogP contribution in [0.5, 0.6) is 5.75 Å². The summed E-state index contributed by atoms with van der Waals surface area (Å²) in [4.78, 5) is 29.0. The van der Waals surface area contributed by atoms with Gasteiger partial charge in [0.15, 0.2) is 0 Å². The Morgan fingerprint density at radius 2 is 1.86 bits per heavy atom. The summed E-state index contributed by atoms with van der Waals surface area (Å²) < 4.78 is 6.03. The highest BCUT2D eigenvalue weighted by Gasteiger charge is 2.17. The minimum atomic E-state index is -0.355. The number of H-pyrrole nitrogens is 2. The molecule has 0 bridgehead atoms. The zero-order valence-electron chi connectivity index (χ0n) is 19.0. The number of halogens is 1. The van der Waals surface area contributed by atoms with Crippen molar-refractivity contribution >= 4 is 50.0 Å². The second-order valence-electron chi connectivity index (χ2n) is 7.91. The lowest BCUT2D eigenvalue weighted by Gasteiger charge is -2.09. The van der Waals surface area contributed by atoms with E-state index in [2.05, 4.69) is 52.2 Å². The number of amides is 2. The second kappa shape index (κ2) is 10.0. The molecule has 11 heteroatoms. The average Bonchev–Trinajstić information content (AvgIpc) is 3.56. The highest BCUT2D eigenvalue weighted by molar-refractivity contribution is 9.10. The van der Waals surface area contributed by atoms with E-state index in [0.717, 1.165) is 15.4 Å². The Balaban J connectivity index is 1.36. The number of tetrazole rings is 1. The first-order chi connectivity index (χ1) is 17.5. The predicted molar refractivity (Wildman–Crippen MR) is 139 cm³/mol. The maximum Gasteiger partial charge on any atom is 0.272 e. The van der Waals surface area contributed by atoms with Gasteiger partial charge in [-0.2, -0.15) is 5.21 Å². The molecule has 0 aliphatic heterocycles. The minimum Gasteiger partial charge on any atom is -0.497 e. The highest BCUT2D eigenvalue weighted by atomic mass is 79.9. The molecule has 2 heterocycles. The number of carbonyl (C=O) groups excluding carboxylic acids is 2. The molecule has 5 aromatic rings. The number of methoxy groups -OCH3 is 1. The first-order valence-electron chi connectivity index (χ1n) is 10.9. The number of hydrogen-bond donors (Lipinski definition) is 4. The molecular weight excluding hydrogens is 526 g/mol. The van der Waals surface area contributed by atoms with Crippen LogP contribution in [0.1, 0.15) is 16.1 Å². The summed E-state index contributed by atoms with van der Waals surface area (Å²) in [5.74, 6) is 0.503. The lowest BCUT2D eigenvalue weighted by atomic mass is 10.1. The molecule has 0 radical (unpaired) electrons. The molecular formula is C25H20BrN7O3. The van der Waals surface area contributed by atoms with Crippen LogP contribution < -0.4 is 15.4 Å². The molecule has 10 nitrogen and oxygen atoms in total. The number of ether oxygens (including phenoxy) is 1. The minimum absolute atomic E-state index is 0.184. The van der Waals surface area contributed by atoms with E-state index in [0.29, 0.717) is 39.7 Å². The molecule has 0 spiro atoms. The van der Waals surface area contributed by atoms with Crippen LogP contribution in [-0.2, 0) is 11.2 Å². The maximum absolute atomic E-state index is 13.1. The van der Waals surface area contributed by atoms with Crippen molar-refractivity contribution < 1.29 is 14.3 Å². The monoisotopic (exact) mass is 545 g/mol. The van der Waals surface area contributed by atoms with Gasteiger partial charge >= 0.3 is 0 Å². The van der Waals surface area contributed by atoms with E-state index in [9.17, 15) is 9.59 Å². The number of anilines is 2. The number of nitrogens with one attached hydrogen (secondary N) is 4. The lowest BCUT2D eigenvalue weighted by Crippen LogP contribution is -2.15. The Kier molecular flexibility index (Phi) is 6.46. The van der Waals surface area contributed by atoms with Gasteiger partial charge in [0.25, 0.3) is 5.91 Å². The molecule has 2 aromatic heterocycles. The van der Waals surface area contributed by atoms with Crippen molar-refractivity contribution in [2.75, 3.05) is 17.7 Å². The molecule has 36 heavy (non-hydrogen) atoms. The van der Waals surface area contributed by atoms with Crippen molar-refractivity contribution in [3.8, 4) is 17.1 Å². The molecule has 0 unspecified atom stereocenters. The SMILES string of the molecule is COc1cccc(CC(=O)Nc2cccc3cc(C(=O)Nc4ccc(Br)cc4-c4nn[nH]n4)[nH]c23)c1. The van der Waals surface area contributed by atoms with Crippen molar-refractivity contribution in [3.05, 3.63) is 82.5 Å². The molecule has 0 aliphatic carbocycles. The van der Waals surface area contributed by atoms with E-state index in [1.165, 1.54) is 0 Å². The van der Waals surface area contributed by atoms with Crippen LogP contribution in [0.25, 0.3) is 22.3 Å². The number of para-hydroxylation sites is 1. The number of aromatic nitrogens is 5. The number of nitrogens with zero attached hydrogens (tertiary/aromatic N) is 3. The zero-order valence-corrected chi connectivity index (χ0v) is 20.6. The van der Waals surface area contributed by atoms with Crippen LogP contribution in [0.15, 0.2) is 71.2 Å². The van der Waals surface area contributed by atoms with Crippen molar-refractivity contribution in [1.29, 1.82) is 0 Å². The van der Waals surface area contributed by atoms with Gasteiger partial charge in [0.2, 0.25) is 11.7 Å². The molecule has 4 N–H and O–H groups in total. The molecule has 2 amide bonds. The Morgan fingerprint density at radius 1 is 1.00 bits per heavy atom. The average molecular weight is 546 g/mol. The third-order valence-corrected chi connectivity index (χ3v) is 5.98. The number of carbonyl (C=O) groups is 2.